The minimum atomic E-state index is -0.793. The van der Waals surface area contributed by atoms with E-state index in [-0.39, 0.29) is 0 Å². The summed E-state index contributed by atoms with van der Waals surface area (Å²) in [5.41, 5.74) is 1.16. The molecule has 0 saturated carbocycles. The maximum atomic E-state index is 9.93. The van der Waals surface area contributed by atoms with Gasteiger partial charge < -0.3 is 4.90 Å². The van der Waals surface area contributed by atoms with Crippen LogP contribution in [-0.4, -0.2) is 18.0 Å². The van der Waals surface area contributed by atoms with E-state index in [0.29, 0.717) is 0 Å². The minimum Gasteiger partial charge on any atom is -0.374 e. The van der Waals surface area contributed by atoms with Crippen molar-refractivity contribution < 1.29 is 0 Å². The van der Waals surface area contributed by atoms with Crippen molar-refractivity contribution in [1.82, 2.24) is 4.90 Å². The summed E-state index contributed by atoms with van der Waals surface area (Å²) in [6.45, 7) is 4.26. The van der Waals surface area contributed by atoms with Crippen molar-refractivity contribution in [2.24, 2.45) is 0 Å². The van der Waals surface area contributed by atoms with Gasteiger partial charge in [-0.25, -0.2) is 0 Å². The van der Waals surface area contributed by atoms with Gasteiger partial charge in [0.15, 0.2) is 0 Å². The summed E-state index contributed by atoms with van der Waals surface area (Å²) in [5, 5.41) is 13.3. The first-order valence-electron chi connectivity index (χ1n) is 8.07. The lowest BCUT2D eigenvalue weighted by atomic mass is 10.4. The van der Waals surface area contributed by atoms with Crippen molar-refractivity contribution in [2.45, 2.75) is 19.8 Å². The standard InChI is InChI=1S/C20H21N2P/c1-17(22-14-8-9-15-22)20(16-21)23(18-10-4-2-5-11-18)19-12-6-3-7-13-19/h2-7,10-13H,8-9,14-15H2,1H3/b20-17+. The Hall–Kier alpha value is -2.10. The molecule has 1 saturated heterocycles. The van der Waals surface area contributed by atoms with Gasteiger partial charge in [0.2, 0.25) is 0 Å². The van der Waals surface area contributed by atoms with Crippen LogP contribution in [0.15, 0.2) is 71.7 Å². The molecule has 1 fully saturated rings. The molecule has 2 nitrogen and oxygen atoms in total. The summed E-state index contributed by atoms with van der Waals surface area (Å²) in [4.78, 5) is 2.37. The summed E-state index contributed by atoms with van der Waals surface area (Å²) in [6.07, 6.45) is 2.45. The molecule has 0 N–H and O–H groups in total. The topological polar surface area (TPSA) is 27.0 Å². The molecule has 1 aliphatic heterocycles. The zero-order chi connectivity index (χ0) is 16.1. The second-order valence-electron chi connectivity index (χ2n) is 5.75. The number of nitrogens with zero attached hydrogens (tertiary/aromatic N) is 2. The number of hydrogen-bond acceptors (Lipinski definition) is 2. The van der Waals surface area contributed by atoms with Gasteiger partial charge >= 0.3 is 0 Å². The lowest BCUT2D eigenvalue weighted by molar-refractivity contribution is 0.427. The molecule has 1 heterocycles. The van der Waals surface area contributed by atoms with Gasteiger partial charge in [0, 0.05) is 18.8 Å². The number of likely N-dealkylation sites (tertiary alicyclic amines) is 1. The van der Waals surface area contributed by atoms with Crippen molar-refractivity contribution in [1.29, 1.82) is 5.26 Å². The van der Waals surface area contributed by atoms with Gasteiger partial charge in [-0.3, -0.25) is 0 Å². The third kappa shape index (κ3) is 3.46. The molecule has 2 aromatic rings. The van der Waals surface area contributed by atoms with Crippen molar-refractivity contribution >= 4 is 18.5 Å². The van der Waals surface area contributed by atoms with Gasteiger partial charge in [-0.15, -0.1) is 0 Å². The van der Waals surface area contributed by atoms with Crippen LogP contribution >= 0.6 is 7.92 Å². The van der Waals surface area contributed by atoms with E-state index in [1.807, 2.05) is 12.1 Å². The van der Waals surface area contributed by atoms with Gasteiger partial charge in [-0.05, 0) is 38.3 Å². The fourth-order valence-corrected chi connectivity index (χ4v) is 5.38. The summed E-state index contributed by atoms with van der Waals surface area (Å²) >= 11 is 0. The van der Waals surface area contributed by atoms with Gasteiger partial charge in [0.25, 0.3) is 0 Å². The second kappa shape index (κ2) is 7.44. The molecule has 116 valence electrons. The highest BCUT2D eigenvalue weighted by Crippen LogP contribution is 2.44. The van der Waals surface area contributed by atoms with Crippen molar-refractivity contribution in [3.05, 3.63) is 71.7 Å². The molecule has 0 bridgehead atoms. The number of allylic oxidation sites excluding steroid dienone is 2. The third-order valence-electron chi connectivity index (χ3n) is 4.28. The zero-order valence-corrected chi connectivity index (χ0v) is 14.3. The Morgan fingerprint density at radius 2 is 1.39 bits per heavy atom. The SMILES string of the molecule is C/C(=C(/C#N)P(c1ccccc1)c1ccccc1)N1CCCC1. The van der Waals surface area contributed by atoms with Crippen LogP contribution in [0.3, 0.4) is 0 Å². The Kier molecular flexibility index (Phi) is 5.11. The average Bonchev–Trinajstić information content (AvgIpc) is 3.15. The third-order valence-corrected chi connectivity index (χ3v) is 6.78. The van der Waals surface area contributed by atoms with Crippen LogP contribution in [0.2, 0.25) is 0 Å². The summed E-state index contributed by atoms with van der Waals surface area (Å²) in [7, 11) is -0.793. The predicted molar refractivity (Wildman–Crippen MR) is 98.2 cm³/mol. The fourth-order valence-electron chi connectivity index (χ4n) is 3.06. The minimum absolute atomic E-state index is 0.793. The van der Waals surface area contributed by atoms with Crippen LogP contribution in [0.5, 0.6) is 0 Å². The average molecular weight is 320 g/mol. The summed E-state index contributed by atoms with van der Waals surface area (Å²) in [5.74, 6) is 0. The van der Waals surface area contributed by atoms with Gasteiger partial charge in [-0.1, -0.05) is 60.7 Å². The largest absolute Gasteiger partial charge is 0.374 e. The van der Waals surface area contributed by atoms with Crippen LogP contribution in [0, 0.1) is 11.3 Å². The maximum absolute atomic E-state index is 9.93. The van der Waals surface area contributed by atoms with E-state index in [0.717, 1.165) is 24.1 Å². The van der Waals surface area contributed by atoms with E-state index in [1.165, 1.54) is 23.5 Å². The highest BCUT2D eigenvalue weighted by molar-refractivity contribution is 7.77. The monoisotopic (exact) mass is 320 g/mol. The van der Waals surface area contributed by atoms with Crippen LogP contribution in [0.4, 0.5) is 0 Å². The molecule has 3 heteroatoms. The Balaban J connectivity index is 2.10. The summed E-state index contributed by atoms with van der Waals surface area (Å²) < 4.78 is 0. The van der Waals surface area contributed by atoms with Gasteiger partial charge in [0.05, 0.1) is 5.31 Å². The number of benzene rings is 2. The lowest BCUT2D eigenvalue weighted by Crippen LogP contribution is -2.21. The number of nitriles is 1. The number of hydrogen-bond donors (Lipinski definition) is 0. The highest BCUT2D eigenvalue weighted by atomic mass is 31.1. The Morgan fingerprint density at radius 3 is 1.83 bits per heavy atom. The molecule has 0 aromatic heterocycles. The van der Waals surface area contributed by atoms with E-state index in [1.54, 1.807) is 0 Å². The molecule has 3 rings (SSSR count). The van der Waals surface area contributed by atoms with Gasteiger partial charge in [0.1, 0.15) is 6.07 Å². The molecule has 0 aliphatic carbocycles. The molecule has 0 radical (unpaired) electrons. The highest BCUT2D eigenvalue weighted by Gasteiger charge is 2.24. The van der Waals surface area contributed by atoms with E-state index in [4.69, 9.17) is 0 Å². The quantitative estimate of drug-likeness (QED) is 0.629. The predicted octanol–water partition coefficient (Wildman–Crippen LogP) is 3.97. The molecule has 2 aromatic carbocycles. The molecule has 0 amide bonds. The molecule has 0 spiro atoms. The van der Waals surface area contributed by atoms with Gasteiger partial charge in [-0.2, -0.15) is 5.26 Å². The summed E-state index contributed by atoms with van der Waals surface area (Å²) in [6, 6.07) is 23.4. The first-order chi connectivity index (χ1) is 11.3. The Labute approximate surface area is 139 Å². The van der Waals surface area contributed by atoms with Crippen molar-refractivity contribution in [3.63, 3.8) is 0 Å². The van der Waals surface area contributed by atoms with E-state index in [2.05, 4.69) is 66.4 Å². The molecule has 23 heavy (non-hydrogen) atoms. The van der Waals surface area contributed by atoms with Crippen LogP contribution in [-0.2, 0) is 0 Å². The molecule has 0 unspecified atom stereocenters. The normalized spacial score (nSPS) is 15.4. The van der Waals surface area contributed by atoms with E-state index in [9.17, 15) is 5.26 Å². The zero-order valence-electron chi connectivity index (χ0n) is 13.4. The van der Waals surface area contributed by atoms with E-state index < -0.39 is 7.92 Å². The second-order valence-corrected chi connectivity index (χ2v) is 7.90. The first-order valence-corrected chi connectivity index (χ1v) is 9.41. The molecule has 0 atom stereocenters. The molecule has 1 aliphatic rings. The van der Waals surface area contributed by atoms with Crippen LogP contribution in [0.25, 0.3) is 0 Å². The smallest absolute Gasteiger partial charge is 0.102 e. The number of rotatable bonds is 4. The van der Waals surface area contributed by atoms with Crippen LogP contribution < -0.4 is 10.6 Å². The van der Waals surface area contributed by atoms with Crippen LogP contribution in [0.1, 0.15) is 19.8 Å². The molecular weight excluding hydrogens is 299 g/mol. The lowest BCUT2D eigenvalue weighted by Gasteiger charge is -2.25. The van der Waals surface area contributed by atoms with E-state index >= 15 is 0 Å². The Bertz CT molecular complexity index is 671. The van der Waals surface area contributed by atoms with Crippen molar-refractivity contribution in [3.8, 4) is 6.07 Å². The fraction of sp³-hybridized carbons (Fsp3) is 0.250. The first kappa shape index (κ1) is 15.8. The Morgan fingerprint density at radius 1 is 0.913 bits per heavy atom. The van der Waals surface area contributed by atoms with Crippen molar-refractivity contribution in [2.75, 3.05) is 13.1 Å². The maximum Gasteiger partial charge on any atom is 0.102 e. The molecular formula is C20H21N2P.